The first-order valence-corrected chi connectivity index (χ1v) is 24.5. The quantitative estimate of drug-likeness (QED) is 0.0209. The summed E-state index contributed by atoms with van der Waals surface area (Å²) in [6.45, 7) is 2.90. The molecule has 15 nitrogen and oxygen atoms in total. The van der Waals surface area contributed by atoms with Crippen molar-refractivity contribution >= 4 is 26.7 Å². The van der Waals surface area contributed by atoms with Gasteiger partial charge in [-0.05, 0) is 19.3 Å². The van der Waals surface area contributed by atoms with Gasteiger partial charge in [-0.25, -0.2) is 8.37 Å². The van der Waals surface area contributed by atoms with Gasteiger partial charge < -0.3 is 30.1 Å². The molecule has 1 aliphatic rings. The normalized spacial score (nSPS) is 21.6. The molecule has 1 rings (SSSR count). The Morgan fingerprint density at radius 2 is 1.14 bits per heavy atom. The van der Waals surface area contributed by atoms with Crippen molar-refractivity contribution in [3.8, 4) is 0 Å². The van der Waals surface area contributed by atoms with Gasteiger partial charge in [0, 0.05) is 6.42 Å². The first-order valence-electron chi connectivity index (χ1n) is 21.7. The van der Waals surface area contributed by atoms with Gasteiger partial charge in [-0.15, -0.1) is 0 Å². The fourth-order valence-corrected chi connectivity index (χ4v) is 7.72. The van der Waals surface area contributed by atoms with Crippen molar-refractivity contribution in [3.05, 3.63) is 12.2 Å². The summed E-state index contributed by atoms with van der Waals surface area (Å²) < 4.78 is 83.1. The molecule has 0 bridgehead atoms. The summed E-state index contributed by atoms with van der Waals surface area (Å²) in [7, 11) is -10.3. The molecule has 1 amide bonds. The largest absolute Gasteiger partial charge is 0.397 e. The summed E-state index contributed by atoms with van der Waals surface area (Å²) in [5, 5.41) is 35.2. The Labute approximate surface area is 344 Å². The van der Waals surface area contributed by atoms with Crippen LogP contribution in [-0.4, -0.2) is 103 Å². The first kappa shape index (κ1) is 53.8. The molecule has 1 aliphatic heterocycles. The number of hydrogen-bond acceptors (Lipinski definition) is 12. The number of carbonyl (C=O) groups is 1. The molecular weight excluding hydrogens is 783 g/mol. The number of carbonyl (C=O) groups excluding carboxylic acids is 1. The van der Waals surface area contributed by atoms with Crippen molar-refractivity contribution in [1.29, 1.82) is 0 Å². The van der Waals surface area contributed by atoms with Gasteiger partial charge in [0.2, 0.25) is 5.91 Å². The van der Waals surface area contributed by atoms with E-state index in [1.165, 1.54) is 109 Å². The minimum Gasteiger partial charge on any atom is -0.387 e. The third kappa shape index (κ3) is 28.8. The van der Waals surface area contributed by atoms with E-state index in [9.17, 15) is 36.9 Å². The maximum atomic E-state index is 13.0. The van der Waals surface area contributed by atoms with Crippen LogP contribution < -0.4 is 5.32 Å². The minimum absolute atomic E-state index is 0.217. The lowest BCUT2D eigenvalue weighted by Gasteiger charge is -2.41. The van der Waals surface area contributed by atoms with Crippen LogP contribution in [0.5, 0.6) is 0 Å². The van der Waals surface area contributed by atoms with Gasteiger partial charge in [0.15, 0.2) is 6.29 Å². The molecule has 0 aromatic heterocycles. The fourth-order valence-electron chi connectivity index (χ4n) is 6.89. The van der Waals surface area contributed by atoms with Crippen LogP contribution in [0.15, 0.2) is 12.2 Å². The number of amides is 1. The van der Waals surface area contributed by atoms with Crippen molar-refractivity contribution in [2.75, 3.05) is 13.2 Å². The zero-order chi connectivity index (χ0) is 42.4. The molecule has 1 heterocycles. The Kier molecular flexibility index (Phi) is 30.7. The molecule has 7 atom stereocenters. The number of aliphatic hydroxyl groups is 3. The summed E-state index contributed by atoms with van der Waals surface area (Å²) in [6, 6.07) is -1.03. The zero-order valence-corrected chi connectivity index (χ0v) is 36.4. The van der Waals surface area contributed by atoms with E-state index in [0.29, 0.717) is 6.42 Å². The molecule has 0 aromatic rings. The molecule has 1 saturated heterocycles. The van der Waals surface area contributed by atoms with Crippen molar-refractivity contribution in [2.24, 2.45) is 0 Å². The van der Waals surface area contributed by atoms with Gasteiger partial charge in [-0.1, -0.05) is 167 Å². The topological polar surface area (TPSA) is 235 Å². The molecule has 0 aromatic carbocycles. The van der Waals surface area contributed by atoms with E-state index in [1.54, 1.807) is 6.08 Å². The second-order valence-corrected chi connectivity index (χ2v) is 17.6. The number of nitrogens with one attached hydrogen (secondary N) is 1. The summed E-state index contributed by atoms with van der Waals surface area (Å²) in [5.41, 5.74) is 0. The molecule has 57 heavy (non-hydrogen) atoms. The Hall–Kier alpha value is -1.25. The molecule has 6 N–H and O–H groups in total. The van der Waals surface area contributed by atoms with E-state index in [2.05, 4.69) is 27.5 Å². The van der Waals surface area contributed by atoms with Crippen molar-refractivity contribution in [1.82, 2.24) is 5.32 Å². The SMILES string of the molecule is CCCCCCCCCCCCC/C=C/[C@@H](O)[C@H](COC1OC(COS(=O)(=O)O)C(OS(=O)(=O)O)C(O)C1O)NC(=O)CCCCCCCCCCCCCCC. The maximum absolute atomic E-state index is 13.0. The Morgan fingerprint density at radius 3 is 1.60 bits per heavy atom. The number of ether oxygens (including phenoxy) is 2. The van der Waals surface area contributed by atoms with Gasteiger partial charge in [-0.2, -0.15) is 16.8 Å². The predicted molar refractivity (Wildman–Crippen MR) is 219 cm³/mol. The van der Waals surface area contributed by atoms with Crippen LogP contribution in [0.25, 0.3) is 0 Å². The van der Waals surface area contributed by atoms with Crippen LogP contribution in [0.3, 0.4) is 0 Å². The van der Waals surface area contributed by atoms with E-state index >= 15 is 0 Å². The molecule has 0 radical (unpaired) electrons. The molecule has 338 valence electrons. The highest BCUT2D eigenvalue weighted by atomic mass is 32.3. The summed E-state index contributed by atoms with van der Waals surface area (Å²) in [5.74, 6) is -0.323. The van der Waals surface area contributed by atoms with E-state index in [-0.39, 0.29) is 12.3 Å². The number of allylic oxidation sites excluding steroid dienone is 1. The number of aliphatic hydroxyl groups excluding tert-OH is 3. The van der Waals surface area contributed by atoms with Crippen LogP contribution in [0.2, 0.25) is 0 Å². The van der Waals surface area contributed by atoms with E-state index < -0.39 is 76.9 Å². The van der Waals surface area contributed by atoms with E-state index in [0.717, 1.165) is 44.9 Å². The van der Waals surface area contributed by atoms with Crippen molar-refractivity contribution in [3.63, 3.8) is 0 Å². The summed E-state index contributed by atoms with van der Waals surface area (Å²) in [6.07, 6.45) is 21.8. The van der Waals surface area contributed by atoms with Crippen molar-refractivity contribution in [2.45, 2.75) is 224 Å². The molecule has 0 spiro atoms. The van der Waals surface area contributed by atoms with Crippen LogP contribution in [0.4, 0.5) is 0 Å². The van der Waals surface area contributed by atoms with Crippen LogP contribution in [0.1, 0.15) is 181 Å². The monoisotopic (exact) mass is 859 g/mol. The molecular formula is C40H77NO14S2. The minimum atomic E-state index is -5.23. The Bertz CT molecular complexity index is 1250. The lowest BCUT2D eigenvalue weighted by molar-refractivity contribution is -0.297. The maximum Gasteiger partial charge on any atom is 0.397 e. The van der Waals surface area contributed by atoms with Crippen LogP contribution in [0, 0.1) is 0 Å². The lowest BCUT2D eigenvalue weighted by Crippen LogP contribution is -2.61. The third-order valence-corrected chi connectivity index (χ3v) is 11.2. The van der Waals surface area contributed by atoms with Gasteiger partial charge in [-0.3, -0.25) is 13.9 Å². The molecule has 5 unspecified atom stereocenters. The lowest BCUT2D eigenvalue weighted by atomic mass is 9.99. The standard InChI is InChI=1S/C40H77NO14S2/c1-3-5-7-9-11-13-15-17-19-21-23-25-27-29-34(42)33(41-36(43)30-28-26-24-22-20-18-16-14-12-10-8-6-4-2)31-52-40-38(45)37(44)39(55-57(49,50)51)35(54-40)32-53-56(46,47)48/h27,29,33-35,37-40,42,44-45H,3-26,28,30-32H2,1-2H3,(H,41,43)(H,46,47,48)(H,49,50,51)/b29-27+/t33-,34+,35?,37?,38?,39?,40?/m0/s1. The third-order valence-electron chi connectivity index (χ3n) is 10.3. The van der Waals surface area contributed by atoms with Gasteiger partial charge >= 0.3 is 20.8 Å². The van der Waals surface area contributed by atoms with Gasteiger partial charge in [0.1, 0.15) is 24.4 Å². The van der Waals surface area contributed by atoms with E-state index in [4.69, 9.17) is 18.6 Å². The molecule has 0 saturated carbocycles. The zero-order valence-electron chi connectivity index (χ0n) is 34.7. The summed E-state index contributed by atoms with van der Waals surface area (Å²) >= 11 is 0. The number of hydrogen-bond donors (Lipinski definition) is 6. The number of rotatable bonds is 37. The Morgan fingerprint density at radius 1 is 0.684 bits per heavy atom. The second kappa shape index (κ2) is 32.5. The van der Waals surface area contributed by atoms with Crippen molar-refractivity contribution < 1.29 is 63.9 Å². The molecule has 1 fully saturated rings. The smallest absolute Gasteiger partial charge is 0.387 e. The summed E-state index contributed by atoms with van der Waals surface area (Å²) in [4.78, 5) is 13.0. The number of unbranched alkanes of at least 4 members (excludes halogenated alkanes) is 23. The highest BCUT2D eigenvalue weighted by Gasteiger charge is 2.48. The average molecular weight is 860 g/mol. The predicted octanol–water partition coefficient (Wildman–Crippen LogP) is 7.04. The van der Waals surface area contributed by atoms with Gasteiger partial charge in [0.25, 0.3) is 0 Å². The Balaban J connectivity index is 2.72. The highest BCUT2D eigenvalue weighted by Crippen LogP contribution is 2.27. The van der Waals surface area contributed by atoms with Crippen LogP contribution in [-0.2, 0) is 43.4 Å². The van der Waals surface area contributed by atoms with Crippen LogP contribution >= 0.6 is 0 Å². The second-order valence-electron chi connectivity index (χ2n) is 15.5. The van der Waals surface area contributed by atoms with E-state index in [1.807, 2.05) is 6.08 Å². The van der Waals surface area contributed by atoms with Gasteiger partial charge in [0.05, 0.1) is 25.4 Å². The molecule has 17 heteroatoms. The highest BCUT2D eigenvalue weighted by molar-refractivity contribution is 7.81. The first-order chi connectivity index (χ1) is 27.2. The fraction of sp³-hybridized carbons (Fsp3) is 0.925. The molecule has 0 aliphatic carbocycles. The average Bonchev–Trinajstić information content (AvgIpc) is 3.15.